The predicted octanol–water partition coefficient (Wildman–Crippen LogP) is 8.07. The highest BCUT2D eigenvalue weighted by molar-refractivity contribution is 7.07. The molecule has 48 heavy (non-hydrogen) atoms. The number of rotatable bonds is 8. The first-order chi connectivity index (χ1) is 23.0. The van der Waals surface area contributed by atoms with Crippen LogP contribution in [0.3, 0.4) is 0 Å². The quantitative estimate of drug-likeness (QED) is 0.179. The van der Waals surface area contributed by atoms with E-state index in [4.69, 9.17) is 4.74 Å². The second-order valence-corrected chi connectivity index (χ2v) is 12.9. The van der Waals surface area contributed by atoms with Crippen LogP contribution in [-0.4, -0.2) is 44.9 Å². The van der Waals surface area contributed by atoms with E-state index in [1.165, 1.54) is 46.6 Å². The van der Waals surface area contributed by atoms with Crippen molar-refractivity contribution in [3.05, 3.63) is 100 Å². The minimum atomic E-state index is -4.75. The molecule has 250 valence electrons. The smallest absolute Gasteiger partial charge is 0.497 e. The van der Waals surface area contributed by atoms with Crippen molar-refractivity contribution in [1.82, 2.24) is 24.6 Å². The van der Waals surface area contributed by atoms with Crippen LogP contribution in [0.4, 0.5) is 18.0 Å². The maximum atomic E-state index is 13.1. The highest BCUT2D eigenvalue weighted by Crippen LogP contribution is 2.35. The van der Waals surface area contributed by atoms with Crippen LogP contribution in [0.5, 0.6) is 11.5 Å². The Balaban J connectivity index is 1.10. The number of methoxy groups -OCH3 is 1. The SMILES string of the molecule is COc1ccc(C(C)C)c(-n2c(C)csc2=NC(=O)NC2CCC(c3ccc(-c4ncn(-c5ccc(OC(F)(F)F)cc5)n4)cc3)C2)c1. The lowest BCUT2D eigenvalue weighted by molar-refractivity contribution is -0.274. The number of thiazole rings is 1. The summed E-state index contributed by atoms with van der Waals surface area (Å²) >= 11 is 1.43. The van der Waals surface area contributed by atoms with Gasteiger partial charge in [-0.05, 0) is 79.5 Å². The Bertz CT molecular complexity index is 1960. The zero-order chi connectivity index (χ0) is 34.0. The molecule has 5 aromatic rings. The summed E-state index contributed by atoms with van der Waals surface area (Å²) in [5.74, 6) is 1.48. The number of hydrogen-bond donors (Lipinski definition) is 1. The summed E-state index contributed by atoms with van der Waals surface area (Å²) in [5, 5.41) is 9.61. The van der Waals surface area contributed by atoms with Gasteiger partial charge >= 0.3 is 12.4 Å². The van der Waals surface area contributed by atoms with Crippen molar-refractivity contribution in [3.8, 4) is 34.3 Å². The molecule has 1 aliphatic rings. The number of hydrogen-bond acceptors (Lipinski definition) is 6. The van der Waals surface area contributed by atoms with Crippen LogP contribution in [0, 0.1) is 6.92 Å². The van der Waals surface area contributed by atoms with Crippen LogP contribution in [0.1, 0.15) is 61.8 Å². The van der Waals surface area contributed by atoms with Gasteiger partial charge < -0.3 is 14.8 Å². The number of ether oxygens (including phenoxy) is 2. The van der Waals surface area contributed by atoms with Gasteiger partial charge in [0.1, 0.15) is 17.8 Å². The molecule has 2 atom stereocenters. The molecule has 1 saturated carbocycles. The zero-order valence-corrected chi connectivity index (χ0v) is 27.7. The Morgan fingerprint density at radius 2 is 1.77 bits per heavy atom. The minimum Gasteiger partial charge on any atom is -0.497 e. The number of aryl methyl sites for hydroxylation is 1. The summed E-state index contributed by atoms with van der Waals surface area (Å²) in [5.41, 5.74) is 5.61. The molecule has 1 aliphatic carbocycles. The van der Waals surface area contributed by atoms with Gasteiger partial charge in [0.15, 0.2) is 10.6 Å². The Kier molecular flexibility index (Phi) is 9.40. The number of alkyl halides is 3. The van der Waals surface area contributed by atoms with Gasteiger partial charge in [-0.15, -0.1) is 29.6 Å². The Morgan fingerprint density at radius 3 is 2.46 bits per heavy atom. The van der Waals surface area contributed by atoms with Gasteiger partial charge in [-0.2, -0.15) is 4.99 Å². The summed E-state index contributed by atoms with van der Waals surface area (Å²) < 4.78 is 50.3. The zero-order valence-electron chi connectivity index (χ0n) is 26.9. The maximum Gasteiger partial charge on any atom is 0.573 e. The molecule has 0 spiro atoms. The van der Waals surface area contributed by atoms with E-state index in [9.17, 15) is 18.0 Å². The van der Waals surface area contributed by atoms with E-state index >= 15 is 0 Å². The molecular formula is C35H35F3N6O3S. The number of aromatic nitrogens is 4. The molecule has 2 amide bonds. The van der Waals surface area contributed by atoms with E-state index in [2.05, 4.69) is 57.2 Å². The van der Waals surface area contributed by atoms with E-state index < -0.39 is 6.36 Å². The van der Waals surface area contributed by atoms with Crippen molar-refractivity contribution >= 4 is 17.4 Å². The number of nitrogens with zero attached hydrogens (tertiary/aromatic N) is 5. The van der Waals surface area contributed by atoms with E-state index in [1.807, 2.05) is 41.1 Å². The van der Waals surface area contributed by atoms with Crippen molar-refractivity contribution in [3.63, 3.8) is 0 Å². The highest BCUT2D eigenvalue weighted by Gasteiger charge is 2.31. The molecule has 0 aliphatic heterocycles. The second kappa shape index (κ2) is 13.7. The van der Waals surface area contributed by atoms with Gasteiger partial charge in [0.05, 0.1) is 18.5 Å². The topological polar surface area (TPSA) is 95.6 Å². The summed E-state index contributed by atoms with van der Waals surface area (Å²) in [6.07, 6.45) is -0.648. The van der Waals surface area contributed by atoms with Gasteiger partial charge in [-0.25, -0.2) is 14.5 Å². The van der Waals surface area contributed by atoms with Gasteiger partial charge in [0.25, 0.3) is 0 Å². The number of benzene rings is 3. The molecule has 0 saturated heterocycles. The number of carbonyl (C=O) groups excluding carboxylic acids is 1. The lowest BCUT2D eigenvalue weighted by Gasteiger charge is -2.16. The van der Waals surface area contributed by atoms with Crippen LogP contribution in [0.2, 0.25) is 0 Å². The molecule has 13 heteroatoms. The van der Waals surface area contributed by atoms with Crippen LogP contribution < -0.4 is 19.6 Å². The summed E-state index contributed by atoms with van der Waals surface area (Å²) in [7, 11) is 1.64. The molecule has 9 nitrogen and oxygen atoms in total. The maximum absolute atomic E-state index is 13.1. The third kappa shape index (κ3) is 7.46. The van der Waals surface area contributed by atoms with Crippen LogP contribution >= 0.6 is 11.3 Å². The molecule has 6 rings (SSSR count). The molecule has 1 N–H and O–H groups in total. The lowest BCUT2D eigenvalue weighted by Crippen LogP contribution is -2.32. The monoisotopic (exact) mass is 676 g/mol. The van der Waals surface area contributed by atoms with Crippen molar-refractivity contribution in [2.75, 3.05) is 7.11 Å². The summed E-state index contributed by atoms with van der Waals surface area (Å²) in [4.78, 5) is 22.6. The third-order valence-electron chi connectivity index (χ3n) is 8.40. The Hall–Kier alpha value is -4.91. The van der Waals surface area contributed by atoms with E-state index in [0.717, 1.165) is 53.1 Å². The first-order valence-electron chi connectivity index (χ1n) is 15.6. The van der Waals surface area contributed by atoms with Gasteiger partial charge in [-0.3, -0.25) is 4.57 Å². The molecule has 2 aromatic heterocycles. The predicted molar refractivity (Wildman–Crippen MR) is 177 cm³/mol. The lowest BCUT2D eigenvalue weighted by atomic mass is 9.96. The van der Waals surface area contributed by atoms with Gasteiger partial charge in [0, 0.05) is 28.7 Å². The number of nitrogens with one attached hydrogen (secondary N) is 1. The van der Waals surface area contributed by atoms with Crippen LogP contribution in [0.25, 0.3) is 22.8 Å². The fourth-order valence-electron chi connectivity index (χ4n) is 6.03. The van der Waals surface area contributed by atoms with E-state index in [0.29, 0.717) is 16.3 Å². The third-order valence-corrected chi connectivity index (χ3v) is 9.35. The molecular weight excluding hydrogens is 641 g/mol. The van der Waals surface area contributed by atoms with Crippen LogP contribution in [0.15, 0.2) is 83.4 Å². The van der Waals surface area contributed by atoms with Crippen molar-refractivity contribution in [2.24, 2.45) is 4.99 Å². The van der Waals surface area contributed by atoms with Crippen molar-refractivity contribution in [1.29, 1.82) is 0 Å². The van der Waals surface area contributed by atoms with Gasteiger partial charge in [0.2, 0.25) is 0 Å². The number of amides is 2. The first-order valence-corrected chi connectivity index (χ1v) is 16.4. The number of halogens is 3. The van der Waals surface area contributed by atoms with Gasteiger partial charge in [-0.1, -0.05) is 44.2 Å². The normalized spacial score (nSPS) is 16.8. The molecule has 2 unspecified atom stereocenters. The molecule has 0 radical (unpaired) electrons. The molecule has 0 bridgehead atoms. The Labute approximate surface area is 279 Å². The summed E-state index contributed by atoms with van der Waals surface area (Å²) in [6.45, 7) is 6.28. The largest absolute Gasteiger partial charge is 0.573 e. The van der Waals surface area contributed by atoms with Crippen molar-refractivity contribution in [2.45, 2.75) is 64.3 Å². The fraction of sp³-hybridized carbons (Fsp3) is 0.314. The second-order valence-electron chi connectivity index (χ2n) is 12.0. The average molecular weight is 677 g/mol. The molecule has 3 aromatic carbocycles. The molecule has 2 heterocycles. The minimum absolute atomic E-state index is 0.00812. The molecule has 1 fully saturated rings. The number of carbonyl (C=O) groups is 1. The van der Waals surface area contributed by atoms with E-state index in [1.54, 1.807) is 7.11 Å². The average Bonchev–Trinajstić information content (AvgIpc) is 3.81. The van der Waals surface area contributed by atoms with Crippen molar-refractivity contribution < 1.29 is 27.4 Å². The van der Waals surface area contributed by atoms with Crippen LogP contribution in [-0.2, 0) is 0 Å². The van der Waals surface area contributed by atoms with E-state index in [-0.39, 0.29) is 29.7 Å². The number of urea groups is 1. The Morgan fingerprint density at radius 1 is 1.04 bits per heavy atom. The fourth-order valence-corrected chi connectivity index (χ4v) is 6.89. The summed E-state index contributed by atoms with van der Waals surface area (Å²) in [6, 6.07) is 19.1. The standard InChI is InChI=1S/C35H35F3N6O3S/c1-21(2)30-16-15-29(46-4)18-31(30)44-22(3)19-48-34(44)41-33(45)40-26-10-9-25(17-26)23-5-7-24(8-6-23)32-39-20-43(42-32)27-11-13-28(14-12-27)47-35(36,37)38/h5-8,11-16,18-21,25-26H,9-10,17H2,1-4H3,(H,40,45). The first kappa shape index (κ1) is 33.0. The highest BCUT2D eigenvalue weighted by atomic mass is 32.1.